The topological polar surface area (TPSA) is 91.2 Å². The summed E-state index contributed by atoms with van der Waals surface area (Å²) in [5.41, 5.74) is 4.69. The Labute approximate surface area is 132 Å². The minimum Gasteiger partial charge on any atom is -0.462 e. The van der Waals surface area contributed by atoms with Crippen LogP contribution in [0.3, 0.4) is 0 Å². The molecule has 1 aromatic rings. The van der Waals surface area contributed by atoms with Gasteiger partial charge < -0.3 is 4.74 Å². The second-order valence-electron chi connectivity index (χ2n) is 3.64. The summed E-state index contributed by atoms with van der Waals surface area (Å²) >= 11 is 9.66. The number of amides is 1. The van der Waals surface area contributed by atoms with Crippen LogP contribution < -0.4 is 10.9 Å². The summed E-state index contributed by atoms with van der Waals surface area (Å²) in [6, 6.07) is 7.83. The molecular formula is C13H12ClN3O3S. The van der Waals surface area contributed by atoms with E-state index in [0.29, 0.717) is 10.6 Å². The van der Waals surface area contributed by atoms with Crippen molar-refractivity contribution in [3.8, 4) is 6.07 Å². The molecule has 110 valence electrons. The van der Waals surface area contributed by atoms with Gasteiger partial charge in [-0.25, -0.2) is 4.79 Å². The molecule has 0 spiro atoms. The fraction of sp³-hybridized carbons (Fsp3) is 0.154. The number of carbonyl (C=O) groups is 2. The molecule has 0 fully saturated rings. The molecule has 8 heteroatoms. The third kappa shape index (κ3) is 5.02. The second kappa shape index (κ2) is 8.19. The van der Waals surface area contributed by atoms with Crippen molar-refractivity contribution >= 4 is 36.1 Å². The van der Waals surface area contributed by atoms with Crippen LogP contribution in [0.4, 0.5) is 0 Å². The quantitative estimate of drug-likeness (QED) is 0.252. The molecule has 2 N–H and O–H groups in total. The van der Waals surface area contributed by atoms with Gasteiger partial charge in [0.25, 0.3) is 5.91 Å². The molecule has 21 heavy (non-hydrogen) atoms. The summed E-state index contributed by atoms with van der Waals surface area (Å²) in [7, 11) is 0. The number of esters is 1. The lowest BCUT2D eigenvalue weighted by atomic mass is 10.2. The Balaban J connectivity index is 2.72. The molecule has 6 nitrogen and oxygen atoms in total. The maximum absolute atomic E-state index is 11.8. The van der Waals surface area contributed by atoms with Crippen molar-refractivity contribution in [2.24, 2.45) is 0 Å². The number of carbonyl (C=O) groups excluding carboxylic acids is 2. The Bertz CT molecular complexity index is 608. The van der Waals surface area contributed by atoms with E-state index >= 15 is 0 Å². The number of hydrogen-bond acceptors (Lipinski definition) is 6. The Morgan fingerprint density at radius 1 is 1.33 bits per heavy atom. The van der Waals surface area contributed by atoms with Crippen molar-refractivity contribution in [2.75, 3.05) is 6.61 Å². The van der Waals surface area contributed by atoms with Crippen molar-refractivity contribution in [1.82, 2.24) is 10.9 Å². The Hall–Kier alpha value is -2.17. The number of ether oxygens (including phenoxy) is 1. The third-order valence-electron chi connectivity index (χ3n) is 2.23. The molecule has 0 aliphatic rings. The van der Waals surface area contributed by atoms with Gasteiger partial charge in [-0.1, -0.05) is 11.6 Å². The van der Waals surface area contributed by atoms with Gasteiger partial charge >= 0.3 is 5.97 Å². The zero-order valence-corrected chi connectivity index (χ0v) is 12.7. The summed E-state index contributed by atoms with van der Waals surface area (Å²) in [5, 5.41) is 9.27. The summed E-state index contributed by atoms with van der Waals surface area (Å²) in [4.78, 5) is 23.2. The van der Waals surface area contributed by atoms with Crippen LogP contribution in [0.5, 0.6) is 0 Å². The number of hydrogen-bond donors (Lipinski definition) is 3. The fourth-order valence-corrected chi connectivity index (χ4v) is 1.57. The van der Waals surface area contributed by atoms with Gasteiger partial charge in [0.15, 0.2) is 5.57 Å². The van der Waals surface area contributed by atoms with Crippen LogP contribution in [0.2, 0.25) is 5.02 Å². The normalized spacial score (nSPS) is 11.0. The van der Waals surface area contributed by atoms with Crippen LogP contribution in [0, 0.1) is 11.3 Å². The van der Waals surface area contributed by atoms with Gasteiger partial charge in [0.2, 0.25) is 0 Å². The second-order valence-corrected chi connectivity index (χ2v) is 4.53. The fourth-order valence-electron chi connectivity index (χ4n) is 1.25. The van der Waals surface area contributed by atoms with Gasteiger partial charge in [-0.15, -0.1) is 12.6 Å². The molecule has 0 aliphatic heterocycles. The number of nitrogens with zero attached hydrogens (tertiary/aromatic N) is 1. The maximum atomic E-state index is 11.8. The molecule has 0 heterocycles. The van der Waals surface area contributed by atoms with E-state index < -0.39 is 11.9 Å². The molecule has 0 bridgehead atoms. The first-order valence-electron chi connectivity index (χ1n) is 5.82. The van der Waals surface area contributed by atoms with Gasteiger partial charge in [0, 0.05) is 10.6 Å². The van der Waals surface area contributed by atoms with E-state index in [0.717, 1.165) is 0 Å². The molecular weight excluding hydrogens is 314 g/mol. The average Bonchev–Trinajstić information content (AvgIpc) is 2.46. The molecule has 0 unspecified atom stereocenters. The highest BCUT2D eigenvalue weighted by Gasteiger charge is 2.15. The highest BCUT2D eigenvalue weighted by molar-refractivity contribution is 7.84. The molecule has 0 aromatic heterocycles. The lowest BCUT2D eigenvalue weighted by Crippen LogP contribution is -2.36. The Morgan fingerprint density at radius 2 is 1.95 bits per heavy atom. The zero-order chi connectivity index (χ0) is 15.8. The SMILES string of the molecule is CCOC(=O)C(C#N)=C(S)NNC(=O)c1ccc(Cl)cc1. The zero-order valence-electron chi connectivity index (χ0n) is 11.0. The van der Waals surface area contributed by atoms with Crippen LogP contribution in [-0.4, -0.2) is 18.5 Å². The maximum Gasteiger partial charge on any atom is 0.351 e. The van der Waals surface area contributed by atoms with Crippen molar-refractivity contribution < 1.29 is 14.3 Å². The largest absolute Gasteiger partial charge is 0.462 e. The lowest BCUT2D eigenvalue weighted by molar-refractivity contribution is -0.138. The average molecular weight is 326 g/mol. The van der Waals surface area contributed by atoms with Crippen LogP contribution in [-0.2, 0) is 9.53 Å². The molecule has 1 amide bonds. The number of nitriles is 1. The highest BCUT2D eigenvalue weighted by Crippen LogP contribution is 2.10. The number of benzene rings is 1. The third-order valence-corrected chi connectivity index (χ3v) is 2.82. The smallest absolute Gasteiger partial charge is 0.351 e. The van der Waals surface area contributed by atoms with E-state index in [-0.39, 0.29) is 17.2 Å². The lowest BCUT2D eigenvalue weighted by Gasteiger charge is -2.09. The molecule has 0 atom stereocenters. The van der Waals surface area contributed by atoms with Crippen molar-refractivity contribution in [3.05, 3.63) is 45.5 Å². The molecule has 1 aromatic carbocycles. The Morgan fingerprint density at radius 3 is 2.48 bits per heavy atom. The molecule has 0 saturated heterocycles. The van der Waals surface area contributed by atoms with Gasteiger partial charge in [-0.3, -0.25) is 15.6 Å². The van der Waals surface area contributed by atoms with Crippen molar-refractivity contribution in [3.63, 3.8) is 0 Å². The first-order valence-corrected chi connectivity index (χ1v) is 6.64. The minimum absolute atomic E-state index is 0.113. The predicted molar refractivity (Wildman–Crippen MR) is 80.3 cm³/mol. The van der Waals surface area contributed by atoms with Gasteiger partial charge in [0.05, 0.1) is 6.61 Å². The minimum atomic E-state index is -0.821. The molecule has 0 radical (unpaired) electrons. The number of halogens is 1. The highest BCUT2D eigenvalue weighted by atomic mass is 35.5. The van der Waals surface area contributed by atoms with Crippen molar-refractivity contribution in [1.29, 1.82) is 5.26 Å². The first kappa shape index (κ1) is 16.9. The van der Waals surface area contributed by atoms with Gasteiger partial charge in [-0.05, 0) is 31.2 Å². The number of nitrogens with one attached hydrogen (secondary N) is 2. The predicted octanol–water partition coefficient (Wildman–Crippen LogP) is 1.80. The van der Waals surface area contributed by atoms with E-state index in [9.17, 15) is 9.59 Å². The van der Waals surface area contributed by atoms with Crippen LogP contribution in [0.25, 0.3) is 0 Å². The van der Waals surface area contributed by atoms with Crippen molar-refractivity contribution in [2.45, 2.75) is 6.92 Å². The van der Waals surface area contributed by atoms with E-state index in [2.05, 4.69) is 28.2 Å². The summed E-state index contributed by atoms with van der Waals surface area (Å²) in [6.07, 6.45) is 0. The number of rotatable bonds is 5. The molecule has 0 saturated carbocycles. The Kier molecular flexibility index (Phi) is 6.59. The van der Waals surface area contributed by atoms with E-state index in [4.69, 9.17) is 16.9 Å². The summed E-state index contributed by atoms with van der Waals surface area (Å²) < 4.78 is 4.69. The van der Waals surface area contributed by atoms with Crippen LogP contribution in [0.1, 0.15) is 17.3 Å². The van der Waals surface area contributed by atoms with E-state index in [1.165, 1.54) is 12.1 Å². The van der Waals surface area contributed by atoms with E-state index in [1.807, 2.05) is 0 Å². The van der Waals surface area contributed by atoms with E-state index in [1.54, 1.807) is 25.1 Å². The number of thiol groups is 1. The van der Waals surface area contributed by atoms with Gasteiger partial charge in [0.1, 0.15) is 11.1 Å². The summed E-state index contributed by atoms with van der Waals surface area (Å²) in [6.45, 7) is 1.74. The summed E-state index contributed by atoms with van der Waals surface area (Å²) in [5.74, 6) is -1.29. The molecule has 1 rings (SSSR count). The van der Waals surface area contributed by atoms with Crippen LogP contribution >= 0.6 is 24.2 Å². The standard InChI is InChI=1S/C13H12ClN3O3S/c1-2-20-13(19)10(7-15)12(21)17-16-11(18)8-3-5-9(14)6-4-8/h3-6,17,21H,2H2,1H3,(H,16,18). The number of hydrazine groups is 1. The van der Waals surface area contributed by atoms with Gasteiger partial charge in [-0.2, -0.15) is 5.26 Å². The monoisotopic (exact) mass is 325 g/mol. The molecule has 0 aliphatic carbocycles. The first-order chi connectivity index (χ1) is 9.99. The van der Waals surface area contributed by atoms with Crippen LogP contribution in [0.15, 0.2) is 34.9 Å².